The zero-order chi connectivity index (χ0) is 22.1. The minimum absolute atomic E-state index is 0.00110. The van der Waals surface area contributed by atoms with E-state index in [0.29, 0.717) is 18.9 Å². The molecule has 166 valence electrons. The van der Waals surface area contributed by atoms with Crippen molar-refractivity contribution in [3.05, 3.63) is 65.7 Å². The number of para-hydroxylation sites is 1. The van der Waals surface area contributed by atoms with Gasteiger partial charge in [-0.05, 0) is 37.5 Å². The number of likely N-dealkylation sites (tertiary alicyclic amines) is 1. The minimum atomic E-state index is 0.00110. The number of ether oxygens (including phenoxy) is 1. The van der Waals surface area contributed by atoms with Crippen LogP contribution in [0.3, 0.4) is 0 Å². The molecule has 6 heteroatoms. The highest BCUT2D eigenvalue weighted by atomic mass is 16.5. The fraction of sp³-hybridized carbons (Fsp3) is 0.440. The number of carbonyl (C=O) groups excluding carboxylic acids is 1. The summed E-state index contributed by atoms with van der Waals surface area (Å²) in [6.45, 7) is 7.01. The van der Waals surface area contributed by atoms with Crippen LogP contribution in [0.2, 0.25) is 0 Å². The fourth-order valence-corrected chi connectivity index (χ4v) is 3.76. The fourth-order valence-electron chi connectivity index (χ4n) is 3.76. The summed E-state index contributed by atoms with van der Waals surface area (Å²) in [4.78, 5) is 18.7. The molecule has 2 N–H and O–H groups in total. The normalized spacial score (nSPS) is 17.5. The van der Waals surface area contributed by atoms with Gasteiger partial charge in [-0.25, -0.2) is 0 Å². The third-order valence-electron chi connectivity index (χ3n) is 5.57. The summed E-state index contributed by atoms with van der Waals surface area (Å²) in [7, 11) is 1.76. The molecule has 2 unspecified atom stereocenters. The van der Waals surface area contributed by atoms with E-state index in [4.69, 9.17) is 4.74 Å². The van der Waals surface area contributed by atoms with Crippen molar-refractivity contribution in [1.29, 1.82) is 0 Å². The van der Waals surface area contributed by atoms with E-state index in [-0.39, 0.29) is 12.0 Å². The van der Waals surface area contributed by atoms with E-state index in [1.54, 1.807) is 7.05 Å². The van der Waals surface area contributed by atoms with Crippen molar-refractivity contribution < 1.29 is 9.53 Å². The molecule has 0 spiro atoms. The van der Waals surface area contributed by atoms with E-state index in [1.807, 2.05) is 61.2 Å². The number of hydrogen-bond acceptors (Lipinski definition) is 3. The van der Waals surface area contributed by atoms with Crippen LogP contribution in [0.1, 0.15) is 24.5 Å². The van der Waals surface area contributed by atoms with Gasteiger partial charge in [-0.1, -0.05) is 48.5 Å². The van der Waals surface area contributed by atoms with Gasteiger partial charge in [-0.15, -0.1) is 0 Å². The van der Waals surface area contributed by atoms with Crippen molar-refractivity contribution in [3.8, 4) is 5.75 Å². The number of aliphatic imine (C=N–C) groups is 1. The Morgan fingerprint density at radius 3 is 2.65 bits per heavy atom. The molecule has 0 aliphatic carbocycles. The minimum Gasteiger partial charge on any atom is -0.489 e. The van der Waals surface area contributed by atoms with E-state index >= 15 is 0 Å². The summed E-state index contributed by atoms with van der Waals surface area (Å²) in [5.41, 5.74) is 2.39. The highest BCUT2D eigenvalue weighted by molar-refractivity contribution is 5.80. The number of benzene rings is 2. The van der Waals surface area contributed by atoms with E-state index in [1.165, 1.54) is 5.56 Å². The van der Waals surface area contributed by atoms with Crippen LogP contribution in [0.5, 0.6) is 5.75 Å². The lowest BCUT2D eigenvalue weighted by atomic mass is 10.1. The molecular formula is C25H34N4O2. The first-order valence-electron chi connectivity index (χ1n) is 11.0. The second-order valence-corrected chi connectivity index (χ2v) is 8.17. The van der Waals surface area contributed by atoms with Crippen molar-refractivity contribution in [1.82, 2.24) is 15.5 Å². The number of nitrogens with zero attached hydrogens (tertiary/aromatic N) is 2. The first-order valence-corrected chi connectivity index (χ1v) is 11.0. The van der Waals surface area contributed by atoms with Crippen LogP contribution >= 0.6 is 0 Å². The maximum Gasteiger partial charge on any atom is 0.223 e. The number of amides is 1. The van der Waals surface area contributed by atoms with Gasteiger partial charge in [-0.2, -0.15) is 0 Å². The Morgan fingerprint density at radius 1 is 1.16 bits per heavy atom. The van der Waals surface area contributed by atoms with Gasteiger partial charge in [0, 0.05) is 39.0 Å². The van der Waals surface area contributed by atoms with E-state index in [0.717, 1.165) is 43.3 Å². The molecule has 0 bridgehead atoms. The molecule has 1 heterocycles. The van der Waals surface area contributed by atoms with Gasteiger partial charge >= 0.3 is 0 Å². The Hall–Kier alpha value is -3.02. The Morgan fingerprint density at radius 2 is 1.90 bits per heavy atom. The molecule has 1 saturated heterocycles. The number of carbonyl (C=O) groups is 1. The van der Waals surface area contributed by atoms with Crippen LogP contribution < -0.4 is 15.4 Å². The predicted octanol–water partition coefficient (Wildman–Crippen LogP) is 3.02. The summed E-state index contributed by atoms with van der Waals surface area (Å²) >= 11 is 0. The molecule has 0 saturated carbocycles. The van der Waals surface area contributed by atoms with Gasteiger partial charge in [0.15, 0.2) is 5.96 Å². The summed E-state index contributed by atoms with van der Waals surface area (Å²) in [6, 6.07) is 18.3. The largest absolute Gasteiger partial charge is 0.489 e. The van der Waals surface area contributed by atoms with E-state index < -0.39 is 0 Å². The topological polar surface area (TPSA) is 66.0 Å². The average molecular weight is 423 g/mol. The Labute approximate surface area is 185 Å². The second kappa shape index (κ2) is 11.4. The zero-order valence-corrected chi connectivity index (χ0v) is 18.8. The quantitative estimate of drug-likeness (QED) is 0.482. The number of guanidine groups is 1. The van der Waals surface area contributed by atoms with Gasteiger partial charge in [0.25, 0.3) is 0 Å². The molecule has 0 aromatic heterocycles. The SMILES string of the molecule is CN=C(NCC1CC(=O)N(CCc2ccccc2)C1)NCC(C)Oc1ccccc1C. The molecule has 1 aliphatic heterocycles. The second-order valence-electron chi connectivity index (χ2n) is 8.17. The lowest BCUT2D eigenvalue weighted by molar-refractivity contribution is -0.127. The molecule has 1 amide bonds. The van der Waals surface area contributed by atoms with Crippen molar-refractivity contribution in [2.45, 2.75) is 32.8 Å². The van der Waals surface area contributed by atoms with E-state index in [9.17, 15) is 4.79 Å². The number of nitrogens with one attached hydrogen (secondary N) is 2. The standard InChI is InChI=1S/C25H34N4O2/c1-19-9-7-8-12-23(19)31-20(2)16-27-25(26-3)28-17-22-15-24(30)29(18-22)14-13-21-10-5-4-6-11-21/h4-12,20,22H,13-18H2,1-3H3,(H2,26,27,28). The maximum atomic E-state index is 12.4. The van der Waals surface area contributed by atoms with Gasteiger partial charge < -0.3 is 20.3 Å². The summed E-state index contributed by atoms with van der Waals surface area (Å²) in [6.07, 6.45) is 1.49. The lowest BCUT2D eigenvalue weighted by Crippen LogP contribution is -2.43. The smallest absolute Gasteiger partial charge is 0.223 e. The monoisotopic (exact) mass is 422 g/mol. The summed E-state index contributed by atoms with van der Waals surface area (Å²) in [5.74, 6) is 2.17. The molecular weight excluding hydrogens is 388 g/mol. The lowest BCUT2D eigenvalue weighted by Gasteiger charge is -2.20. The summed E-state index contributed by atoms with van der Waals surface area (Å²) < 4.78 is 6.01. The average Bonchev–Trinajstić information content (AvgIpc) is 3.14. The highest BCUT2D eigenvalue weighted by Gasteiger charge is 2.29. The molecule has 2 aromatic carbocycles. The molecule has 2 atom stereocenters. The van der Waals surface area contributed by atoms with Gasteiger partial charge in [-0.3, -0.25) is 9.79 Å². The molecule has 1 fully saturated rings. The molecule has 31 heavy (non-hydrogen) atoms. The molecule has 0 radical (unpaired) electrons. The molecule has 1 aliphatic rings. The Balaban J connectivity index is 1.38. The van der Waals surface area contributed by atoms with Crippen LogP contribution in [0.15, 0.2) is 59.6 Å². The molecule has 2 aromatic rings. The first kappa shape index (κ1) is 22.7. The third-order valence-corrected chi connectivity index (χ3v) is 5.57. The van der Waals surface area contributed by atoms with Crippen LogP contribution in [0, 0.1) is 12.8 Å². The Kier molecular flexibility index (Phi) is 8.33. The molecule has 3 rings (SSSR count). The van der Waals surface area contributed by atoms with E-state index in [2.05, 4.69) is 27.8 Å². The summed E-state index contributed by atoms with van der Waals surface area (Å²) in [5, 5.41) is 6.68. The van der Waals surface area contributed by atoms with Crippen LogP contribution in [0.4, 0.5) is 0 Å². The maximum absolute atomic E-state index is 12.4. The highest BCUT2D eigenvalue weighted by Crippen LogP contribution is 2.18. The van der Waals surface area contributed by atoms with Crippen molar-refractivity contribution in [3.63, 3.8) is 0 Å². The van der Waals surface area contributed by atoms with Crippen LogP contribution in [-0.4, -0.2) is 56.1 Å². The number of hydrogen-bond donors (Lipinski definition) is 2. The van der Waals surface area contributed by atoms with Gasteiger partial charge in [0.1, 0.15) is 11.9 Å². The number of aryl methyl sites for hydroxylation is 1. The first-order chi connectivity index (χ1) is 15.0. The zero-order valence-electron chi connectivity index (χ0n) is 18.8. The third kappa shape index (κ3) is 7.02. The number of rotatable bonds is 9. The van der Waals surface area contributed by atoms with Crippen molar-refractivity contribution >= 4 is 11.9 Å². The Bertz CT molecular complexity index is 869. The predicted molar refractivity (Wildman–Crippen MR) is 125 cm³/mol. The molecule has 6 nitrogen and oxygen atoms in total. The van der Waals surface area contributed by atoms with Crippen LogP contribution in [0.25, 0.3) is 0 Å². The van der Waals surface area contributed by atoms with Crippen molar-refractivity contribution in [2.24, 2.45) is 10.9 Å². The van der Waals surface area contributed by atoms with Crippen molar-refractivity contribution in [2.75, 3.05) is 33.2 Å². The van der Waals surface area contributed by atoms with Gasteiger partial charge in [0.05, 0.1) is 6.54 Å². The van der Waals surface area contributed by atoms with Gasteiger partial charge in [0.2, 0.25) is 5.91 Å². The van der Waals surface area contributed by atoms with Crippen LogP contribution in [-0.2, 0) is 11.2 Å².